The van der Waals surface area contributed by atoms with Crippen LogP contribution in [0.5, 0.6) is 0 Å². The molecular weight excluding hydrogens is 382 g/mol. The number of benzene rings is 1. The van der Waals surface area contributed by atoms with Crippen LogP contribution in [0, 0.1) is 11.8 Å². The average molecular weight is 404 g/mol. The van der Waals surface area contributed by atoms with Crippen LogP contribution in [0.2, 0.25) is 5.02 Å². The molecule has 0 radical (unpaired) electrons. The summed E-state index contributed by atoms with van der Waals surface area (Å²) in [7, 11) is 0. The van der Waals surface area contributed by atoms with Gasteiger partial charge in [-0.2, -0.15) is 0 Å². The first-order chi connectivity index (χ1) is 13.4. The molecule has 0 spiro atoms. The van der Waals surface area contributed by atoms with Gasteiger partial charge in [0.2, 0.25) is 17.7 Å². The summed E-state index contributed by atoms with van der Waals surface area (Å²) in [5.41, 5.74) is 0.759. The Bertz CT molecular complexity index is 828. The zero-order valence-corrected chi connectivity index (χ0v) is 16.1. The van der Waals surface area contributed by atoms with E-state index in [0.717, 1.165) is 30.6 Å². The fraction of sp³-hybridized carbons (Fsp3) is 0.500. The van der Waals surface area contributed by atoms with Gasteiger partial charge in [0, 0.05) is 11.7 Å². The molecule has 8 heteroatoms. The maximum Gasteiger partial charge on any atom is 0.253 e. The first-order valence-corrected chi connectivity index (χ1v) is 10.1. The molecule has 2 unspecified atom stereocenters. The number of likely N-dealkylation sites (tertiary alicyclic amines) is 1. The smallest absolute Gasteiger partial charge is 0.253 e. The van der Waals surface area contributed by atoms with Crippen molar-refractivity contribution < 1.29 is 19.2 Å². The van der Waals surface area contributed by atoms with Crippen molar-refractivity contribution in [3.8, 4) is 0 Å². The van der Waals surface area contributed by atoms with Gasteiger partial charge in [-0.1, -0.05) is 24.4 Å². The van der Waals surface area contributed by atoms with Crippen LogP contribution in [0.3, 0.4) is 0 Å². The van der Waals surface area contributed by atoms with Crippen LogP contribution in [0.25, 0.3) is 0 Å². The molecule has 7 nitrogen and oxygen atoms in total. The number of rotatable bonds is 5. The van der Waals surface area contributed by atoms with Gasteiger partial charge in [0.25, 0.3) is 5.91 Å². The topological polar surface area (TPSA) is 95.6 Å². The van der Waals surface area contributed by atoms with Crippen molar-refractivity contribution in [3.63, 3.8) is 0 Å². The molecule has 0 bridgehead atoms. The van der Waals surface area contributed by atoms with Crippen LogP contribution in [0.4, 0.5) is 5.69 Å². The third-order valence-corrected chi connectivity index (χ3v) is 5.96. The predicted molar refractivity (Wildman–Crippen MR) is 103 cm³/mol. The zero-order chi connectivity index (χ0) is 19.8. The number of nitrogens with zero attached hydrogens (tertiary/aromatic N) is 1. The molecule has 2 aliphatic carbocycles. The minimum Gasteiger partial charge on any atom is -0.349 e. The Kier molecular flexibility index (Phi) is 5.10. The lowest BCUT2D eigenvalue weighted by Crippen LogP contribution is -2.38. The van der Waals surface area contributed by atoms with E-state index >= 15 is 0 Å². The number of carbonyl (C=O) groups excluding carboxylic acids is 4. The first kappa shape index (κ1) is 18.9. The van der Waals surface area contributed by atoms with Crippen LogP contribution in [-0.4, -0.2) is 41.1 Å². The second kappa shape index (κ2) is 7.54. The second-order valence-electron chi connectivity index (χ2n) is 7.75. The molecule has 148 valence electrons. The molecule has 28 heavy (non-hydrogen) atoms. The van der Waals surface area contributed by atoms with E-state index in [1.165, 1.54) is 6.07 Å². The molecule has 1 aliphatic heterocycles. The minimum atomic E-state index is -0.466. The summed E-state index contributed by atoms with van der Waals surface area (Å²) in [5, 5.41) is 5.74. The normalized spacial score (nSPS) is 24.1. The molecule has 3 fully saturated rings. The number of nitrogens with one attached hydrogen (secondary N) is 2. The van der Waals surface area contributed by atoms with E-state index in [4.69, 9.17) is 11.6 Å². The largest absolute Gasteiger partial charge is 0.349 e. The number of carbonyl (C=O) groups is 4. The lowest BCUT2D eigenvalue weighted by Gasteiger charge is -2.19. The molecule has 3 aliphatic rings. The van der Waals surface area contributed by atoms with E-state index in [-0.39, 0.29) is 47.2 Å². The highest BCUT2D eigenvalue weighted by molar-refractivity contribution is 6.34. The van der Waals surface area contributed by atoms with E-state index in [2.05, 4.69) is 10.6 Å². The summed E-state index contributed by atoms with van der Waals surface area (Å²) in [4.78, 5) is 50.5. The highest BCUT2D eigenvalue weighted by Gasteiger charge is 2.48. The molecule has 4 rings (SSSR count). The van der Waals surface area contributed by atoms with Gasteiger partial charge in [-0.25, -0.2) is 0 Å². The van der Waals surface area contributed by atoms with Gasteiger partial charge < -0.3 is 10.6 Å². The van der Waals surface area contributed by atoms with Gasteiger partial charge in [0.15, 0.2) is 0 Å². The highest BCUT2D eigenvalue weighted by atomic mass is 35.5. The number of hydrogen-bond acceptors (Lipinski definition) is 4. The van der Waals surface area contributed by atoms with E-state index in [0.29, 0.717) is 24.1 Å². The molecule has 2 N–H and O–H groups in total. The SMILES string of the molecule is O=C(CN1C(=O)C2CCCCC2C1=O)Nc1ccc(C(=O)NC2CC2)c(Cl)c1. The van der Waals surface area contributed by atoms with Crippen LogP contribution < -0.4 is 10.6 Å². The van der Waals surface area contributed by atoms with Crippen LogP contribution in [-0.2, 0) is 14.4 Å². The minimum absolute atomic E-state index is 0.224. The summed E-state index contributed by atoms with van der Waals surface area (Å²) >= 11 is 6.18. The molecule has 1 aromatic carbocycles. The van der Waals surface area contributed by atoms with Gasteiger partial charge in [0.05, 0.1) is 22.4 Å². The Balaban J connectivity index is 1.38. The quantitative estimate of drug-likeness (QED) is 0.737. The van der Waals surface area contributed by atoms with Gasteiger partial charge >= 0.3 is 0 Å². The Morgan fingerprint density at radius 2 is 1.68 bits per heavy atom. The fourth-order valence-corrected chi connectivity index (χ4v) is 4.27. The standard InChI is InChI=1S/C20H22ClN3O4/c21-16-9-12(7-8-15(16)18(26)23-11-5-6-11)22-17(25)10-24-19(27)13-3-1-2-4-14(13)20(24)28/h7-9,11,13-14H,1-6,10H2,(H,22,25)(H,23,26). The number of hydrogen-bond donors (Lipinski definition) is 2. The van der Waals surface area contributed by atoms with Crippen molar-refractivity contribution in [2.45, 2.75) is 44.6 Å². The van der Waals surface area contributed by atoms with E-state index < -0.39 is 5.91 Å². The Hall–Kier alpha value is -2.41. The lowest BCUT2D eigenvalue weighted by atomic mass is 9.81. The van der Waals surface area contributed by atoms with Crippen LogP contribution in [0.15, 0.2) is 18.2 Å². The van der Waals surface area contributed by atoms with E-state index in [1.807, 2.05) is 0 Å². The molecule has 4 amide bonds. The first-order valence-electron chi connectivity index (χ1n) is 9.69. The van der Waals surface area contributed by atoms with Crippen molar-refractivity contribution >= 4 is 40.9 Å². The molecule has 2 atom stereocenters. The van der Waals surface area contributed by atoms with Crippen molar-refractivity contribution in [2.75, 3.05) is 11.9 Å². The number of halogens is 1. The van der Waals surface area contributed by atoms with Crippen molar-refractivity contribution in [3.05, 3.63) is 28.8 Å². The summed E-state index contributed by atoms with van der Waals surface area (Å²) in [6.07, 6.45) is 5.28. The lowest BCUT2D eigenvalue weighted by molar-refractivity contribution is -0.142. The van der Waals surface area contributed by atoms with Crippen molar-refractivity contribution in [2.24, 2.45) is 11.8 Å². The number of anilines is 1. The maximum absolute atomic E-state index is 12.5. The zero-order valence-electron chi connectivity index (χ0n) is 15.4. The van der Waals surface area contributed by atoms with Gasteiger partial charge in [-0.05, 0) is 43.9 Å². The summed E-state index contributed by atoms with van der Waals surface area (Å²) < 4.78 is 0. The predicted octanol–water partition coefficient (Wildman–Crippen LogP) is 2.35. The second-order valence-corrected chi connectivity index (χ2v) is 8.16. The van der Waals surface area contributed by atoms with Crippen LogP contribution >= 0.6 is 11.6 Å². The Morgan fingerprint density at radius 1 is 1.04 bits per heavy atom. The monoisotopic (exact) mass is 403 g/mol. The summed E-state index contributed by atoms with van der Waals surface area (Å²) in [6.45, 7) is -0.299. The van der Waals surface area contributed by atoms with Gasteiger partial charge in [-0.3, -0.25) is 24.1 Å². The van der Waals surface area contributed by atoms with Gasteiger partial charge in [0.1, 0.15) is 6.54 Å². The average Bonchev–Trinajstić information content (AvgIpc) is 3.45. The molecule has 2 saturated carbocycles. The number of imide groups is 1. The molecule has 1 saturated heterocycles. The molecule has 1 heterocycles. The number of fused-ring (bicyclic) bond motifs is 1. The van der Waals surface area contributed by atoms with Crippen molar-refractivity contribution in [1.82, 2.24) is 10.2 Å². The summed E-state index contributed by atoms with van der Waals surface area (Å²) in [6, 6.07) is 4.85. The van der Waals surface area contributed by atoms with Gasteiger partial charge in [-0.15, -0.1) is 0 Å². The Labute approximate surface area is 167 Å². The molecular formula is C20H22ClN3O4. The molecule has 0 aromatic heterocycles. The third kappa shape index (κ3) is 3.76. The summed E-state index contributed by atoms with van der Waals surface area (Å²) in [5.74, 6) is -1.72. The van der Waals surface area contributed by atoms with Crippen molar-refractivity contribution in [1.29, 1.82) is 0 Å². The highest BCUT2D eigenvalue weighted by Crippen LogP contribution is 2.37. The Morgan fingerprint density at radius 3 is 2.25 bits per heavy atom. The molecule has 1 aromatic rings. The van der Waals surface area contributed by atoms with E-state index in [9.17, 15) is 19.2 Å². The van der Waals surface area contributed by atoms with E-state index in [1.54, 1.807) is 12.1 Å². The third-order valence-electron chi connectivity index (χ3n) is 5.64. The maximum atomic E-state index is 12.5. The van der Waals surface area contributed by atoms with Crippen LogP contribution in [0.1, 0.15) is 48.9 Å². The fourth-order valence-electron chi connectivity index (χ4n) is 4.00. The number of amides is 4.